The molecule has 6 nitrogen and oxygen atoms in total. The van der Waals surface area contributed by atoms with Crippen molar-refractivity contribution in [1.82, 2.24) is 15.6 Å². The molecule has 0 aliphatic rings. The molecule has 19 heavy (non-hydrogen) atoms. The molecule has 1 aromatic heterocycles. The van der Waals surface area contributed by atoms with Crippen molar-refractivity contribution in [3.63, 3.8) is 0 Å². The Morgan fingerprint density at radius 2 is 2.00 bits per heavy atom. The van der Waals surface area contributed by atoms with Crippen LogP contribution in [0.4, 0.5) is 4.79 Å². The topological polar surface area (TPSA) is 76.4 Å². The van der Waals surface area contributed by atoms with Gasteiger partial charge in [-0.15, -0.1) is 0 Å². The van der Waals surface area contributed by atoms with Gasteiger partial charge in [-0.2, -0.15) is 0 Å². The average Bonchev–Trinajstić information content (AvgIpc) is 2.55. The van der Waals surface area contributed by atoms with Crippen LogP contribution in [0.1, 0.15) is 38.1 Å². The fourth-order valence-electron chi connectivity index (χ4n) is 1.38. The van der Waals surface area contributed by atoms with Crippen LogP contribution in [0.25, 0.3) is 0 Å². The van der Waals surface area contributed by atoms with Crippen LogP contribution < -0.4 is 10.6 Å². The number of aryl methyl sites for hydroxylation is 2. The first kappa shape index (κ1) is 15.5. The fourth-order valence-corrected chi connectivity index (χ4v) is 1.38. The number of nitrogens with one attached hydrogen (secondary N) is 2. The van der Waals surface area contributed by atoms with E-state index >= 15 is 0 Å². The Labute approximate surface area is 113 Å². The maximum absolute atomic E-state index is 11.3. The molecule has 0 unspecified atom stereocenters. The number of hydrogen-bond donors (Lipinski definition) is 2. The summed E-state index contributed by atoms with van der Waals surface area (Å²) in [6.07, 6.45) is -0.405. The predicted octanol–water partition coefficient (Wildman–Crippen LogP) is 1.91. The quantitative estimate of drug-likeness (QED) is 0.798. The highest BCUT2D eigenvalue weighted by Gasteiger charge is 2.15. The minimum atomic E-state index is -0.468. The molecule has 0 saturated heterocycles. The lowest BCUT2D eigenvalue weighted by Gasteiger charge is -2.19. The third-order valence-electron chi connectivity index (χ3n) is 2.32. The SMILES string of the molecule is Cc1nc(CNCCNC(=O)OC(C)(C)C)oc1C. The highest BCUT2D eigenvalue weighted by molar-refractivity contribution is 5.67. The maximum Gasteiger partial charge on any atom is 0.407 e. The molecule has 0 aromatic carbocycles. The number of carbonyl (C=O) groups excluding carboxylic acids is 1. The third-order valence-corrected chi connectivity index (χ3v) is 2.32. The van der Waals surface area contributed by atoms with E-state index in [0.29, 0.717) is 25.5 Å². The summed E-state index contributed by atoms with van der Waals surface area (Å²) in [6, 6.07) is 0. The lowest BCUT2D eigenvalue weighted by atomic mass is 10.2. The fraction of sp³-hybridized carbons (Fsp3) is 0.692. The monoisotopic (exact) mass is 269 g/mol. The molecule has 1 aromatic rings. The minimum absolute atomic E-state index is 0.405. The van der Waals surface area contributed by atoms with E-state index in [1.54, 1.807) is 0 Å². The second-order valence-corrected chi connectivity index (χ2v) is 5.35. The van der Waals surface area contributed by atoms with E-state index in [1.807, 2.05) is 34.6 Å². The highest BCUT2D eigenvalue weighted by Crippen LogP contribution is 2.07. The van der Waals surface area contributed by atoms with Gasteiger partial charge in [0.2, 0.25) is 5.89 Å². The zero-order valence-corrected chi connectivity index (χ0v) is 12.3. The van der Waals surface area contributed by atoms with Gasteiger partial charge in [0.1, 0.15) is 11.4 Å². The Bertz CT molecular complexity index is 402. The first-order valence-electron chi connectivity index (χ1n) is 6.38. The van der Waals surface area contributed by atoms with Crippen LogP contribution in [0.2, 0.25) is 0 Å². The van der Waals surface area contributed by atoms with Gasteiger partial charge in [0.15, 0.2) is 0 Å². The number of hydrogen-bond acceptors (Lipinski definition) is 5. The van der Waals surface area contributed by atoms with Gasteiger partial charge < -0.3 is 19.8 Å². The normalized spacial score (nSPS) is 11.4. The molecule has 0 fully saturated rings. The number of amides is 1. The van der Waals surface area contributed by atoms with Crippen molar-refractivity contribution < 1.29 is 13.9 Å². The van der Waals surface area contributed by atoms with Crippen LogP contribution in [-0.2, 0) is 11.3 Å². The molecule has 0 bridgehead atoms. The summed E-state index contributed by atoms with van der Waals surface area (Å²) in [5.41, 5.74) is 0.439. The van der Waals surface area contributed by atoms with E-state index in [2.05, 4.69) is 15.6 Å². The summed E-state index contributed by atoms with van der Waals surface area (Å²) in [6.45, 7) is 11.0. The largest absolute Gasteiger partial charge is 0.444 e. The summed E-state index contributed by atoms with van der Waals surface area (Å²) >= 11 is 0. The first-order valence-corrected chi connectivity index (χ1v) is 6.38. The second kappa shape index (κ2) is 6.56. The number of alkyl carbamates (subject to hydrolysis) is 1. The number of rotatable bonds is 5. The molecular formula is C13H23N3O3. The van der Waals surface area contributed by atoms with Crippen molar-refractivity contribution >= 4 is 6.09 Å². The minimum Gasteiger partial charge on any atom is -0.444 e. The van der Waals surface area contributed by atoms with Gasteiger partial charge in [-0.1, -0.05) is 0 Å². The van der Waals surface area contributed by atoms with Gasteiger partial charge in [0, 0.05) is 13.1 Å². The molecule has 108 valence electrons. The van der Waals surface area contributed by atoms with Crippen molar-refractivity contribution in [1.29, 1.82) is 0 Å². The van der Waals surface area contributed by atoms with E-state index in [-0.39, 0.29) is 0 Å². The Morgan fingerprint density at radius 3 is 2.53 bits per heavy atom. The highest BCUT2D eigenvalue weighted by atomic mass is 16.6. The number of ether oxygens (including phenoxy) is 1. The van der Waals surface area contributed by atoms with Crippen LogP contribution in [-0.4, -0.2) is 29.8 Å². The standard InChI is InChI=1S/C13H23N3O3/c1-9-10(2)18-11(16-9)8-14-6-7-15-12(17)19-13(3,4)5/h14H,6-8H2,1-5H3,(H,15,17). The summed E-state index contributed by atoms with van der Waals surface area (Å²) < 4.78 is 10.5. The number of oxazole rings is 1. The molecule has 0 saturated carbocycles. The number of nitrogens with zero attached hydrogens (tertiary/aromatic N) is 1. The third kappa shape index (κ3) is 6.24. The van der Waals surface area contributed by atoms with Gasteiger partial charge >= 0.3 is 6.09 Å². The molecule has 0 aliphatic carbocycles. The molecule has 2 N–H and O–H groups in total. The summed E-state index contributed by atoms with van der Waals surface area (Å²) in [4.78, 5) is 15.6. The Balaban J connectivity index is 2.13. The second-order valence-electron chi connectivity index (χ2n) is 5.35. The van der Waals surface area contributed by atoms with Crippen molar-refractivity contribution in [2.45, 2.75) is 46.8 Å². The van der Waals surface area contributed by atoms with Crippen LogP contribution in [0.3, 0.4) is 0 Å². The zero-order valence-electron chi connectivity index (χ0n) is 12.3. The summed E-state index contributed by atoms with van der Waals surface area (Å²) in [5, 5.41) is 5.80. The van der Waals surface area contributed by atoms with Crippen molar-refractivity contribution in [3.8, 4) is 0 Å². The molecule has 1 rings (SSSR count). The van der Waals surface area contributed by atoms with Crippen molar-refractivity contribution in [2.75, 3.05) is 13.1 Å². The van der Waals surface area contributed by atoms with E-state index in [9.17, 15) is 4.79 Å². The average molecular weight is 269 g/mol. The van der Waals surface area contributed by atoms with Crippen LogP contribution >= 0.6 is 0 Å². The van der Waals surface area contributed by atoms with Gasteiger partial charge in [-0.25, -0.2) is 9.78 Å². The lowest BCUT2D eigenvalue weighted by molar-refractivity contribution is 0.0528. The van der Waals surface area contributed by atoms with Crippen molar-refractivity contribution in [3.05, 3.63) is 17.3 Å². The lowest BCUT2D eigenvalue weighted by Crippen LogP contribution is -2.36. The molecule has 0 radical (unpaired) electrons. The van der Waals surface area contributed by atoms with Gasteiger partial charge in [-0.3, -0.25) is 0 Å². The first-order chi connectivity index (χ1) is 8.78. The van der Waals surface area contributed by atoms with E-state index in [0.717, 1.165) is 11.5 Å². The van der Waals surface area contributed by atoms with Crippen LogP contribution in [0.15, 0.2) is 4.42 Å². The Morgan fingerprint density at radius 1 is 1.32 bits per heavy atom. The summed E-state index contributed by atoms with van der Waals surface area (Å²) in [7, 11) is 0. The van der Waals surface area contributed by atoms with E-state index in [4.69, 9.17) is 9.15 Å². The molecular weight excluding hydrogens is 246 g/mol. The molecule has 0 spiro atoms. The molecule has 0 aliphatic heterocycles. The van der Waals surface area contributed by atoms with Gasteiger partial charge in [-0.05, 0) is 34.6 Å². The number of aromatic nitrogens is 1. The zero-order chi connectivity index (χ0) is 14.5. The smallest absolute Gasteiger partial charge is 0.407 e. The Kier molecular flexibility index (Phi) is 5.35. The predicted molar refractivity (Wildman–Crippen MR) is 71.9 cm³/mol. The molecule has 6 heteroatoms. The molecule has 0 atom stereocenters. The summed E-state index contributed by atoms with van der Waals surface area (Å²) in [5.74, 6) is 1.50. The van der Waals surface area contributed by atoms with Gasteiger partial charge in [0.05, 0.1) is 12.2 Å². The molecule has 1 amide bonds. The molecule has 1 heterocycles. The maximum atomic E-state index is 11.3. The van der Waals surface area contributed by atoms with Crippen molar-refractivity contribution in [2.24, 2.45) is 0 Å². The Hall–Kier alpha value is -1.56. The van der Waals surface area contributed by atoms with Gasteiger partial charge in [0.25, 0.3) is 0 Å². The van der Waals surface area contributed by atoms with Crippen LogP contribution in [0, 0.1) is 13.8 Å². The van der Waals surface area contributed by atoms with E-state index in [1.165, 1.54) is 0 Å². The number of carbonyl (C=O) groups is 1. The van der Waals surface area contributed by atoms with E-state index < -0.39 is 11.7 Å². The van der Waals surface area contributed by atoms with Crippen LogP contribution in [0.5, 0.6) is 0 Å².